The monoisotopic (exact) mass is 854 g/mol. The number of nitrogens with zero attached hydrogens (tertiary/aromatic N) is 5. The Bertz CT molecular complexity index is 2160. The van der Waals surface area contributed by atoms with Crippen LogP contribution in [0.2, 0.25) is 10.0 Å². The Kier molecular flexibility index (Phi) is 21.6. The standard InChI is InChI=1S/C22H24ClN3O.C11H15ClN2O.C10H7NO.CH4.CH3.ClH.Mg/c1-16(18-9-10-24-21-6-4-3-5-19(18)21)25-11-13-26(14-12-25)17-7-8-20(23)22(15-17)27-2;1-15-11-8-9(2-3-10(11)12)14-6-4-13-5-7-14;12-7-8-5-6-11-10-4-2-1-3-9(8)10;;;;/h3-10,15-16H,11-14H2,1-2H3;2-3,8,13H,4-7H2,1H3;1-7H;1H4;1H3;1H;/q;;;;-1;;+2/p-1. The summed E-state index contributed by atoms with van der Waals surface area (Å²) in [6.45, 7) is 10.4. The van der Waals surface area contributed by atoms with Gasteiger partial charge in [-0.2, -0.15) is 0 Å². The SMILES string of the molecule is C.COc1cc(N2CCN(C(C)c3ccnc4ccccc34)CC2)ccc1Cl.COc1cc(N2CCNCC2)ccc1Cl.O=Cc1ccnc2ccccc12.[CH3-].[Cl-].[Mg+2]. The van der Waals surface area contributed by atoms with Crippen LogP contribution in [0.3, 0.4) is 0 Å². The van der Waals surface area contributed by atoms with E-state index < -0.39 is 0 Å². The number of rotatable bonds is 7. The number of benzene rings is 4. The van der Waals surface area contributed by atoms with Crippen LogP contribution in [0.25, 0.3) is 21.8 Å². The fourth-order valence-corrected chi connectivity index (χ4v) is 7.27. The van der Waals surface area contributed by atoms with Gasteiger partial charge in [-0.05, 0) is 61.0 Å². The van der Waals surface area contributed by atoms with Gasteiger partial charge in [0.25, 0.3) is 0 Å². The van der Waals surface area contributed by atoms with Gasteiger partial charge in [-0.25, -0.2) is 0 Å². The Morgan fingerprint density at radius 2 is 1.17 bits per heavy atom. The molecule has 2 aromatic heterocycles. The van der Waals surface area contributed by atoms with Gasteiger partial charge < -0.3 is 44.4 Å². The Hall–Kier alpha value is -3.87. The minimum atomic E-state index is 0. The van der Waals surface area contributed by atoms with Gasteiger partial charge in [-0.1, -0.05) is 67.0 Å². The van der Waals surface area contributed by atoms with E-state index in [0.717, 1.165) is 92.3 Å². The van der Waals surface area contributed by atoms with Gasteiger partial charge in [0.1, 0.15) is 11.5 Å². The van der Waals surface area contributed by atoms with Crippen LogP contribution in [0, 0.1) is 7.43 Å². The molecule has 4 aromatic carbocycles. The molecule has 9 nitrogen and oxygen atoms in total. The molecule has 1 N–H and O–H groups in total. The normalized spacial score (nSPS) is 14.0. The molecule has 2 aliphatic rings. The van der Waals surface area contributed by atoms with Crippen molar-refractivity contribution in [2.75, 3.05) is 76.4 Å². The van der Waals surface area contributed by atoms with Crippen molar-refractivity contribution in [3.63, 3.8) is 0 Å². The maximum atomic E-state index is 10.6. The molecule has 0 spiro atoms. The summed E-state index contributed by atoms with van der Waals surface area (Å²) in [4.78, 5) is 26.5. The molecule has 1 atom stereocenters. The number of carbonyl (C=O) groups is 1. The third-order valence-corrected chi connectivity index (χ3v) is 10.5. The number of carbonyl (C=O) groups excluding carboxylic acids is 1. The van der Waals surface area contributed by atoms with Crippen molar-refractivity contribution in [3.8, 4) is 11.5 Å². The first-order chi connectivity index (χ1) is 26.4. The molecule has 2 saturated heterocycles. The van der Waals surface area contributed by atoms with Crippen molar-refractivity contribution in [3.05, 3.63) is 138 Å². The Morgan fingerprint density at radius 3 is 1.71 bits per heavy atom. The first-order valence-electron chi connectivity index (χ1n) is 18.1. The number of aldehydes is 1. The minimum Gasteiger partial charge on any atom is -1.00 e. The number of piperazine rings is 2. The van der Waals surface area contributed by atoms with Crippen LogP contribution in [-0.2, 0) is 0 Å². The van der Waals surface area contributed by atoms with Crippen LogP contribution in [0.4, 0.5) is 11.4 Å². The van der Waals surface area contributed by atoms with E-state index in [1.54, 1.807) is 26.5 Å². The summed E-state index contributed by atoms with van der Waals surface area (Å²) >= 11 is 12.1. The number of methoxy groups -OCH3 is 2. The van der Waals surface area contributed by atoms with Gasteiger partial charge in [0, 0.05) is 111 Å². The van der Waals surface area contributed by atoms with Gasteiger partial charge in [-0.15, -0.1) is 0 Å². The number of hydrogen-bond donors (Lipinski definition) is 1. The number of para-hydroxylation sites is 2. The number of nitrogens with one attached hydrogen (secondary N) is 1. The van der Waals surface area contributed by atoms with E-state index in [1.807, 2.05) is 66.9 Å². The smallest absolute Gasteiger partial charge is 1.00 e. The van der Waals surface area contributed by atoms with Gasteiger partial charge in [-0.3, -0.25) is 19.7 Å². The second-order valence-corrected chi connectivity index (χ2v) is 13.8. The van der Waals surface area contributed by atoms with Crippen LogP contribution in [0.5, 0.6) is 11.5 Å². The quantitative estimate of drug-likeness (QED) is 0.113. The molecule has 6 aromatic rings. The van der Waals surface area contributed by atoms with Crippen LogP contribution in [0.1, 0.15) is 36.3 Å². The van der Waals surface area contributed by atoms with Crippen molar-refractivity contribution >= 4 is 85.7 Å². The third kappa shape index (κ3) is 12.6. The molecule has 0 bridgehead atoms. The number of hydrogen-bond acceptors (Lipinski definition) is 9. The summed E-state index contributed by atoms with van der Waals surface area (Å²) in [5, 5.41) is 6.80. The zero-order valence-corrected chi connectivity index (χ0v) is 36.7. The Morgan fingerprint density at radius 1 is 0.690 bits per heavy atom. The molecule has 4 heterocycles. The van der Waals surface area contributed by atoms with E-state index in [-0.39, 0.29) is 50.3 Å². The van der Waals surface area contributed by atoms with Gasteiger partial charge in [0.15, 0.2) is 6.29 Å². The topological polar surface area (TPSA) is 83.1 Å². The van der Waals surface area contributed by atoms with Crippen LogP contribution in [-0.4, -0.2) is 111 Å². The molecule has 0 saturated carbocycles. The summed E-state index contributed by atoms with van der Waals surface area (Å²) in [6, 6.07) is 32.1. The second kappa shape index (κ2) is 24.9. The maximum absolute atomic E-state index is 10.6. The van der Waals surface area contributed by atoms with Crippen molar-refractivity contribution in [2.45, 2.75) is 20.4 Å². The van der Waals surface area contributed by atoms with Crippen LogP contribution in [0.15, 0.2) is 109 Å². The summed E-state index contributed by atoms with van der Waals surface area (Å²) in [6.07, 6.45) is 4.42. The van der Waals surface area contributed by atoms with E-state index in [0.29, 0.717) is 21.7 Å². The molecule has 2 fully saturated rings. The molecule has 13 heteroatoms. The number of ether oxygens (including phenoxy) is 2. The van der Waals surface area contributed by atoms with Crippen LogP contribution < -0.4 is 37.0 Å². The fraction of sp³-hybridized carbons (Fsp3) is 0.289. The molecule has 0 radical (unpaired) electrons. The second-order valence-electron chi connectivity index (χ2n) is 13.0. The molecule has 58 heavy (non-hydrogen) atoms. The molecule has 8 rings (SSSR count). The third-order valence-electron chi connectivity index (χ3n) is 9.92. The maximum Gasteiger partial charge on any atom is 2.00 e. The summed E-state index contributed by atoms with van der Waals surface area (Å²) < 4.78 is 10.6. The average molecular weight is 857 g/mol. The van der Waals surface area contributed by atoms with Crippen molar-refractivity contribution in [1.82, 2.24) is 20.2 Å². The summed E-state index contributed by atoms with van der Waals surface area (Å²) in [5.41, 5.74) is 6.31. The van der Waals surface area contributed by atoms with Gasteiger partial charge in [0.05, 0.1) is 35.3 Å². The number of fused-ring (bicyclic) bond motifs is 2. The molecular formula is C45H53Cl3MgN6O3. The number of anilines is 2. The van der Waals surface area contributed by atoms with E-state index in [9.17, 15) is 4.79 Å². The fourth-order valence-electron chi connectivity index (χ4n) is 6.88. The van der Waals surface area contributed by atoms with Gasteiger partial charge in [0.2, 0.25) is 0 Å². The first-order valence-corrected chi connectivity index (χ1v) is 18.9. The summed E-state index contributed by atoms with van der Waals surface area (Å²) in [7, 11) is 3.30. The van der Waals surface area contributed by atoms with Crippen molar-refractivity contribution < 1.29 is 26.7 Å². The van der Waals surface area contributed by atoms with Crippen molar-refractivity contribution in [1.29, 1.82) is 0 Å². The minimum absolute atomic E-state index is 0. The zero-order chi connectivity index (χ0) is 37.9. The molecule has 0 aliphatic carbocycles. The largest absolute Gasteiger partial charge is 2.00 e. The van der Waals surface area contributed by atoms with E-state index in [1.165, 1.54) is 16.6 Å². The molecule has 2 aliphatic heterocycles. The predicted molar refractivity (Wildman–Crippen MR) is 241 cm³/mol. The predicted octanol–water partition coefficient (Wildman–Crippen LogP) is 6.30. The van der Waals surface area contributed by atoms with Gasteiger partial charge >= 0.3 is 23.1 Å². The van der Waals surface area contributed by atoms with E-state index >= 15 is 0 Å². The number of halogens is 3. The van der Waals surface area contributed by atoms with E-state index in [4.69, 9.17) is 32.7 Å². The summed E-state index contributed by atoms with van der Waals surface area (Å²) in [5.74, 6) is 1.47. The average Bonchev–Trinajstić information content (AvgIpc) is 3.24. The Balaban J connectivity index is 0.000000319. The zero-order valence-electron chi connectivity index (χ0n) is 33.0. The Labute approximate surface area is 376 Å². The van der Waals surface area contributed by atoms with E-state index in [2.05, 4.69) is 67.2 Å². The molecule has 0 amide bonds. The van der Waals surface area contributed by atoms with Crippen LogP contribution >= 0.6 is 23.2 Å². The first kappa shape index (κ1) is 50.3. The molecular weight excluding hydrogens is 803 g/mol. The number of pyridine rings is 2. The number of aromatic nitrogens is 2. The molecule has 1 unspecified atom stereocenters. The van der Waals surface area contributed by atoms with Crippen molar-refractivity contribution in [2.24, 2.45) is 0 Å². The molecule has 304 valence electrons.